The van der Waals surface area contributed by atoms with Gasteiger partial charge in [0.1, 0.15) is 5.69 Å². The lowest BCUT2D eigenvalue weighted by Crippen LogP contribution is -2.14. The Morgan fingerprint density at radius 2 is 1.81 bits per heavy atom. The second-order valence-corrected chi connectivity index (χ2v) is 5.31. The Bertz CT molecular complexity index is 983. The molecule has 1 aromatic carbocycles. The minimum Gasteiger partial charge on any atom is -0.477 e. The number of hydrogen-bond acceptors (Lipinski definition) is 5. The lowest BCUT2D eigenvalue weighted by Gasteiger charge is -2.07. The summed E-state index contributed by atoms with van der Waals surface area (Å²) in [6.07, 6.45) is -1.68. The van der Waals surface area contributed by atoms with Gasteiger partial charge in [-0.15, -0.1) is 0 Å². The number of nitrogens with zero attached hydrogens (tertiary/aromatic N) is 2. The standard InChI is InChI=1S/C17H10F3N3O4/c18-17(19,20)11-5-3-9(4-6-11)14(24)22-15-12(16(25)26)13(23-27-15)10-2-1-7-21-8-10/h1-8H,(H,22,24)(H,25,26). The summed E-state index contributed by atoms with van der Waals surface area (Å²) in [5, 5.41) is 15.3. The van der Waals surface area contributed by atoms with Gasteiger partial charge >= 0.3 is 12.1 Å². The van der Waals surface area contributed by atoms with Gasteiger partial charge in [-0.1, -0.05) is 5.16 Å². The first-order valence-corrected chi connectivity index (χ1v) is 7.39. The molecule has 2 N–H and O–H groups in total. The van der Waals surface area contributed by atoms with Crippen LogP contribution in [0.15, 0.2) is 53.3 Å². The highest BCUT2D eigenvalue weighted by Gasteiger charge is 2.30. The van der Waals surface area contributed by atoms with E-state index in [2.05, 4.69) is 15.5 Å². The van der Waals surface area contributed by atoms with Crippen LogP contribution in [0.25, 0.3) is 11.3 Å². The number of carbonyl (C=O) groups is 2. The molecule has 0 radical (unpaired) electrons. The fraction of sp³-hybridized carbons (Fsp3) is 0.0588. The first-order valence-electron chi connectivity index (χ1n) is 7.39. The average molecular weight is 377 g/mol. The summed E-state index contributed by atoms with van der Waals surface area (Å²) in [5.41, 5.74) is -1.11. The minimum absolute atomic E-state index is 0.0432. The Morgan fingerprint density at radius 3 is 2.37 bits per heavy atom. The molecule has 0 bridgehead atoms. The smallest absolute Gasteiger partial charge is 0.416 e. The number of aromatic nitrogens is 2. The van der Waals surface area contributed by atoms with Gasteiger partial charge in [-0.2, -0.15) is 13.2 Å². The van der Waals surface area contributed by atoms with Crippen molar-refractivity contribution in [3.63, 3.8) is 0 Å². The number of pyridine rings is 1. The number of carboxylic acid groups (broad SMARTS) is 1. The molecule has 3 rings (SSSR count). The van der Waals surface area contributed by atoms with Crippen LogP contribution in [0.1, 0.15) is 26.3 Å². The highest BCUT2D eigenvalue weighted by molar-refractivity contribution is 6.08. The number of nitrogens with one attached hydrogen (secondary N) is 1. The topological polar surface area (TPSA) is 105 Å². The van der Waals surface area contributed by atoms with E-state index in [1.807, 2.05) is 0 Å². The number of alkyl halides is 3. The lowest BCUT2D eigenvalue weighted by atomic mass is 10.1. The molecule has 2 heterocycles. The van der Waals surface area contributed by atoms with Gasteiger partial charge in [-0.05, 0) is 36.4 Å². The van der Waals surface area contributed by atoms with Gasteiger partial charge < -0.3 is 9.63 Å². The van der Waals surface area contributed by atoms with Crippen LogP contribution < -0.4 is 5.32 Å². The molecule has 0 atom stereocenters. The van der Waals surface area contributed by atoms with Crippen LogP contribution in [0.2, 0.25) is 0 Å². The van der Waals surface area contributed by atoms with Crippen molar-refractivity contribution in [1.29, 1.82) is 0 Å². The van der Waals surface area contributed by atoms with E-state index in [0.717, 1.165) is 24.3 Å². The SMILES string of the molecule is O=C(Nc1onc(-c2cccnc2)c1C(=O)O)c1ccc(C(F)(F)F)cc1. The predicted molar refractivity (Wildman–Crippen MR) is 86.1 cm³/mol. The van der Waals surface area contributed by atoms with Crippen molar-refractivity contribution in [3.8, 4) is 11.3 Å². The van der Waals surface area contributed by atoms with Crippen LogP contribution in [0, 0.1) is 0 Å². The Balaban J connectivity index is 1.88. The van der Waals surface area contributed by atoms with E-state index in [9.17, 15) is 27.9 Å². The van der Waals surface area contributed by atoms with Crippen molar-refractivity contribution in [2.45, 2.75) is 6.18 Å². The molecular formula is C17H10F3N3O4. The number of amides is 1. The van der Waals surface area contributed by atoms with E-state index in [0.29, 0.717) is 5.56 Å². The maximum Gasteiger partial charge on any atom is 0.416 e. The van der Waals surface area contributed by atoms with Gasteiger partial charge in [0.2, 0.25) is 5.88 Å². The molecule has 0 unspecified atom stereocenters. The van der Waals surface area contributed by atoms with E-state index < -0.39 is 35.1 Å². The molecule has 138 valence electrons. The fourth-order valence-electron chi connectivity index (χ4n) is 2.26. The molecule has 3 aromatic rings. The van der Waals surface area contributed by atoms with E-state index in [4.69, 9.17) is 4.52 Å². The summed E-state index contributed by atoms with van der Waals surface area (Å²) in [6.45, 7) is 0. The summed E-state index contributed by atoms with van der Waals surface area (Å²) in [6, 6.07) is 6.55. The van der Waals surface area contributed by atoms with Crippen molar-refractivity contribution in [2.24, 2.45) is 0 Å². The average Bonchev–Trinajstić information content (AvgIpc) is 3.05. The maximum absolute atomic E-state index is 12.6. The molecule has 2 aromatic heterocycles. The first kappa shape index (κ1) is 18.1. The third-order valence-electron chi connectivity index (χ3n) is 3.54. The van der Waals surface area contributed by atoms with E-state index in [1.54, 1.807) is 12.1 Å². The van der Waals surface area contributed by atoms with Gasteiger partial charge in [-0.25, -0.2) is 4.79 Å². The summed E-state index contributed by atoms with van der Waals surface area (Å²) in [7, 11) is 0. The molecule has 7 nitrogen and oxygen atoms in total. The molecule has 0 fully saturated rings. The van der Waals surface area contributed by atoms with Gasteiger partial charge in [0.15, 0.2) is 5.56 Å². The number of halogens is 3. The number of benzene rings is 1. The number of hydrogen-bond donors (Lipinski definition) is 2. The van der Waals surface area contributed by atoms with Crippen molar-refractivity contribution in [2.75, 3.05) is 5.32 Å². The van der Waals surface area contributed by atoms with Crippen LogP contribution in [-0.4, -0.2) is 27.1 Å². The van der Waals surface area contributed by atoms with Crippen LogP contribution in [0.3, 0.4) is 0 Å². The molecule has 0 spiro atoms. The van der Waals surface area contributed by atoms with Gasteiger partial charge in [-0.3, -0.25) is 15.1 Å². The van der Waals surface area contributed by atoms with Crippen LogP contribution in [0.4, 0.5) is 19.1 Å². The fourth-order valence-corrected chi connectivity index (χ4v) is 2.26. The van der Waals surface area contributed by atoms with Gasteiger partial charge in [0.25, 0.3) is 5.91 Å². The van der Waals surface area contributed by atoms with Crippen LogP contribution >= 0.6 is 0 Å². The van der Waals surface area contributed by atoms with Crippen molar-refractivity contribution in [1.82, 2.24) is 10.1 Å². The van der Waals surface area contributed by atoms with E-state index in [-0.39, 0.29) is 11.3 Å². The zero-order chi connectivity index (χ0) is 19.6. The first-order chi connectivity index (χ1) is 12.8. The molecular weight excluding hydrogens is 367 g/mol. The quantitative estimate of drug-likeness (QED) is 0.718. The van der Waals surface area contributed by atoms with Gasteiger partial charge in [0.05, 0.1) is 5.56 Å². The highest BCUT2D eigenvalue weighted by atomic mass is 19.4. The summed E-state index contributed by atoms with van der Waals surface area (Å²) >= 11 is 0. The molecule has 10 heteroatoms. The minimum atomic E-state index is -4.53. The molecule has 0 saturated carbocycles. The molecule has 0 aliphatic heterocycles. The van der Waals surface area contributed by atoms with E-state index >= 15 is 0 Å². The number of rotatable bonds is 4. The number of carboxylic acids is 1. The summed E-state index contributed by atoms with van der Waals surface area (Å²) < 4.78 is 42.6. The largest absolute Gasteiger partial charge is 0.477 e. The Labute approximate surface area is 149 Å². The number of aromatic carboxylic acids is 1. The molecule has 0 aliphatic rings. The highest BCUT2D eigenvalue weighted by Crippen LogP contribution is 2.30. The monoisotopic (exact) mass is 377 g/mol. The van der Waals surface area contributed by atoms with Gasteiger partial charge in [0, 0.05) is 23.5 Å². The zero-order valence-electron chi connectivity index (χ0n) is 13.3. The predicted octanol–water partition coefficient (Wildman–Crippen LogP) is 3.71. The van der Waals surface area contributed by atoms with Crippen molar-refractivity contribution < 1.29 is 32.4 Å². The van der Waals surface area contributed by atoms with Crippen molar-refractivity contribution >= 4 is 17.8 Å². The normalized spacial score (nSPS) is 11.2. The summed E-state index contributed by atoms with van der Waals surface area (Å²) in [4.78, 5) is 27.6. The molecule has 0 saturated heterocycles. The third kappa shape index (κ3) is 3.78. The summed E-state index contributed by atoms with van der Waals surface area (Å²) in [5.74, 6) is -2.69. The van der Waals surface area contributed by atoms with Crippen LogP contribution in [0.5, 0.6) is 0 Å². The molecule has 1 amide bonds. The number of anilines is 1. The number of carbonyl (C=O) groups excluding carboxylic acids is 1. The van der Waals surface area contributed by atoms with E-state index in [1.165, 1.54) is 12.4 Å². The van der Waals surface area contributed by atoms with Crippen molar-refractivity contribution in [3.05, 3.63) is 65.5 Å². The Kier molecular flexibility index (Phi) is 4.63. The van der Waals surface area contributed by atoms with Crippen LogP contribution in [-0.2, 0) is 6.18 Å². The third-order valence-corrected chi connectivity index (χ3v) is 3.54. The Morgan fingerprint density at radius 1 is 1.11 bits per heavy atom. The maximum atomic E-state index is 12.6. The lowest BCUT2D eigenvalue weighted by molar-refractivity contribution is -0.137. The second-order valence-electron chi connectivity index (χ2n) is 5.31. The second kappa shape index (κ2) is 6.90. The Hall–Kier alpha value is -3.69. The molecule has 27 heavy (non-hydrogen) atoms. The molecule has 0 aliphatic carbocycles. The zero-order valence-corrected chi connectivity index (χ0v) is 13.3.